The Bertz CT molecular complexity index is 272. The summed E-state index contributed by atoms with van der Waals surface area (Å²) in [6, 6.07) is -0.100. The van der Waals surface area contributed by atoms with E-state index in [9.17, 15) is 9.59 Å². The van der Waals surface area contributed by atoms with Gasteiger partial charge in [0.2, 0.25) is 11.8 Å². The highest BCUT2D eigenvalue weighted by Crippen LogP contribution is 2.26. The standard InChI is InChI=1S/C11H18N2O2/c1-12-9-7-10(14)13(11(9)15)8-5-3-2-4-6-8/h8-9,12H,2-7H2,1H3/t9-/m1/s1. The molecule has 1 atom stereocenters. The fraction of sp³-hybridized carbons (Fsp3) is 0.818. The van der Waals surface area contributed by atoms with Gasteiger partial charge in [0, 0.05) is 6.04 Å². The lowest BCUT2D eigenvalue weighted by atomic mass is 9.94. The van der Waals surface area contributed by atoms with Crippen molar-refractivity contribution in [2.24, 2.45) is 0 Å². The second-order valence-electron chi connectivity index (χ2n) is 4.44. The molecule has 2 fully saturated rings. The maximum absolute atomic E-state index is 11.9. The van der Waals surface area contributed by atoms with Gasteiger partial charge in [0.25, 0.3) is 0 Å². The van der Waals surface area contributed by atoms with Crippen LogP contribution in [-0.4, -0.2) is 35.8 Å². The van der Waals surface area contributed by atoms with E-state index in [0.717, 1.165) is 25.7 Å². The highest BCUT2D eigenvalue weighted by molar-refractivity contribution is 6.05. The van der Waals surface area contributed by atoms with Crippen molar-refractivity contribution in [1.29, 1.82) is 0 Å². The molecule has 0 unspecified atom stereocenters. The Morgan fingerprint density at radius 3 is 2.40 bits per heavy atom. The zero-order chi connectivity index (χ0) is 10.8. The van der Waals surface area contributed by atoms with Crippen LogP contribution in [0.5, 0.6) is 0 Å². The lowest BCUT2D eigenvalue weighted by Crippen LogP contribution is -2.44. The average molecular weight is 210 g/mol. The molecule has 0 aromatic carbocycles. The molecule has 2 aliphatic rings. The number of carbonyl (C=O) groups excluding carboxylic acids is 2. The highest BCUT2D eigenvalue weighted by Gasteiger charge is 2.41. The molecule has 0 aromatic heterocycles. The van der Waals surface area contributed by atoms with Crippen LogP contribution in [0, 0.1) is 0 Å². The number of imide groups is 1. The van der Waals surface area contributed by atoms with Gasteiger partial charge in [-0.3, -0.25) is 14.5 Å². The highest BCUT2D eigenvalue weighted by atomic mass is 16.2. The van der Waals surface area contributed by atoms with E-state index in [2.05, 4.69) is 5.32 Å². The second-order valence-corrected chi connectivity index (χ2v) is 4.44. The van der Waals surface area contributed by atoms with Crippen LogP contribution in [0.1, 0.15) is 38.5 Å². The minimum absolute atomic E-state index is 0.00579. The van der Waals surface area contributed by atoms with Gasteiger partial charge in [-0.1, -0.05) is 19.3 Å². The van der Waals surface area contributed by atoms with Gasteiger partial charge in [0.1, 0.15) is 0 Å². The molecule has 0 radical (unpaired) electrons. The van der Waals surface area contributed by atoms with E-state index in [1.165, 1.54) is 11.3 Å². The molecule has 0 spiro atoms. The van der Waals surface area contributed by atoms with Crippen molar-refractivity contribution in [1.82, 2.24) is 10.2 Å². The third kappa shape index (κ3) is 1.91. The number of likely N-dealkylation sites (tertiary alicyclic amines) is 1. The van der Waals surface area contributed by atoms with Gasteiger partial charge in [0.15, 0.2) is 0 Å². The molecule has 1 saturated heterocycles. The molecule has 2 amide bonds. The Balaban J connectivity index is 2.07. The summed E-state index contributed by atoms with van der Waals surface area (Å²) >= 11 is 0. The van der Waals surface area contributed by atoms with E-state index in [1.807, 2.05) is 0 Å². The first-order chi connectivity index (χ1) is 7.24. The molecule has 1 heterocycles. The van der Waals surface area contributed by atoms with Gasteiger partial charge < -0.3 is 5.32 Å². The lowest BCUT2D eigenvalue weighted by Gasteiger charge is -2.29. The van der Waals surface area contributed by atoms with Crippen LogP contribution in [0.15, 0.2) is 0 Å². The Kier molecular flexibility index (Phi) is 3.05. The second kappa shape index (κ2) is 4.31. The first kappa shape index (κ1) is 10.6. The SMILES string of the molecule is CN[C@@H]1CC(=O)N(C2CCCCC2)C1=O. The zero-order valence-electron chi connectivity index (χ0n) is 9.16. The fourth-order valence-electron chi connectivity index (χ4n) is 2.60. The Hall–Kier alpha value is -0.900. The molecular formula is C11H18N2O2. The molecule has 1 aliphatic carbocycles. The van der Waals surface area contributed by atoms with E-state index in [-0.39, 0.29) is 23.9 Å². The van der Waals surface area contributed by atoms with Crippen molar-refractivity contribution < 1.29 is 9.59 Å². The molecule has 1 aliphatic heterocycles. The number of nitrogens with one attached hydrogen (secondary N) is 1. The van der Waals surface area contributed by atoms with Crippen LogP contribution in [-0.2, 0) is 9.59 Å². The molecule has 4 heteroatoms. The fourth-order valence-corrected chi connectivity index (χ4v) is 2.60. The third-order valence-corrected chi connectivity index (χ3v) is 3.47. The van der Waals surface area contributed by atoms with E-state index < -0.39 is 0 Å². The molecular weight excluding hydrogens is 192 g/mol. The summed E-state index contributed by atoms with van der Waals surface area (Å²) < 4.78 is 0. The van der Waals surface area contributed by atoms with Gasteiger partial charge in [-0.15, -0.1) is 0 Å². The Labute approximate surface area is 90.0 Å². The topological polar surface area (TPSA) is 49.4 Å². The lowest BCUT2D eigenvalue weighted by molar-refractivity contribution is -0.142. The largest absolute Gasteiger partial charge is 0.308 e. The smallest absolute Gasteiger partial charge is 0.247 e. The maximum atomic E-state index is 11.9. The average Bonchev–Trinajstić information content (AvgIpc) is 2.55. The zero-order valence-corrected chi connectivity index (χ0v) is 9.16. The van der Waals surface area contributed by atoms with Crippen molar-refractivity contribution in [2.45, 2.75) is 50.6 Å². The molecule has 4 nitrogen and oxygen atoms in total. The summed E-state index contributed by atoms with van der Waals surface area (Å²) in [6.07, 6.45) is 5.85. The molecule has 2 rings (SSSR count). The van der Waals surface area contributed by atoms with Crippen LogP contribution < -0.4 is 5.32 Å². The Morgan fingerprint density at radius 2 is 1.87 bits per heavy atom. The molecule has 0 aromatic rings. The summed E-state index contributed by atoms with van der Waals surface area (Å²) in [5.74, 6) is -0.0133. The normalized spacial score (nSPS) is 28.9. The van der Waals surface area contributed by atoms with E-state index >= 15 is 0 Å². The van der Waals surface area contributed by atoms with Crippen LogP contribution in [0.4, 0.5) is 0 Å². The van der Waals surface area contributed by atoms with Crippen LogP contribution in [0.3, 0.4) is 0 Å². The van der Waals surface area contributed by atoms with Gasteiger partial charge >= 0.3 is 0 Å². The summed E-state index contributed by atoms with van der Waals surface area (Å²) in [5.41, 5.74) is 0. The van der Waals surface area contributed by atoms with Crippen molar-refractivity contribution in [3.8, 4) is 0 Å². The van der Waals surface area contributed by atoms with Crippen LogP contribution in [0.2, 0.25) is 0 Å². The number of amides is 2. The minimum atomic E-state index is -0.278. The number of hydrogen-bond acceptors (Lipinski definition) is 3. The monoisotopic (exact) mass is 210 g/mol. The van der Waals surface area contributed by atoms with Crippen LogP contribution >= 0.6 is 0 Å². The summed E-state index contributed by atoms with van der Waals surface area (Å²) in [4.78, 5) is 25.1. The van der Waals surface area contributed by atoms with Gasteiger partial charge in [-0.25, -0.2) is 0 Å². The molecule has 15 heavy (non-hydrogen) atoms. The number of likely N-dealkylation sites (N-methyl/N-ethyl adjacent to an activating group) is 1. The maximum Gasteiger partial charge on any atom is 0.247 e. The van der Waals surface area contributed by atoms with E-state index in [1.54, 1.807) is 7.05 Å². The Morgan fingerprint density at radius 1 is 1.20 bits per heavy atom. The summed E-state index contributed by atoms with van der Waals surface area (Å²) in [7, 11) is 1.74. The van der Waals surface area contributed by atoms with Crippen molar-refractivity contribution >= 4 is 11.8 Å². The quantitative estimate of drug-likeness (QED) is 0.681. The van der Waals surface area contributed by atoms with Gasteiger partial charge in [-0.2, -0.15) is 0 Å². The first-order valence-electron chi connectivity index (χ1n) is 5.77. The van der Waals surface area contributed by atoms with Crippen molar-refractivity contribution in [3.63, 3.8) is 0 Å². The number of carbonyl (C=O) groups is 2. The predicted molar refractivity (Wildman–Crippen MR) is 56.2 cm³/mol. The molecule has 1 N–H and O–H groups in total. The van der Waals surface area contributed by atoms with E-state index in [4.69, 9.17) is 0 Å². The van der Waals surface area contributed by atoms with Gasteiger partial charge in [-0.05, 0) is 19.9 Å². The molecule has 0 bridgehead atoms. The van der Waals surface area contributed by atoms with Crippen LogP contribution in [0.25, 0.3) is 0 Å². The van der Waals surface area contributed by atoms with Gasteiger partial charge in [0.05, 0.1) is 12.5 Å². The van der Waals surface area contributed by atoms with E-state index in [0.29, 0.717) is 6.42 Å². The number of nitrogens with zero attached hydrogens (tertiary/aromatic N) is 1. The minimum Gasteiger partial charge on any atom is -0.308 e. The van der Waals surface area contributed by atoms with Crippen molar-refractivity contribution in [3.05, 3.63) is 0 Å². The predicted octanol–water partition coefficient (Wildman–Crippen LogP) is 0.666. The van der Waals surface area contributed by atoms with Crippen molar-refractivity contribution in [2.75, 3.05) is 7.05 Å². The number of hydrogen-bond donors (Lipinski definition) is 1. The first-order valence-corrected chi connectivity index (χ1v) is 5.77. The molecule has 1 saturated carbocycles. The third-order valence-electron chi connectivity index (χ3n) is 3.47. The summed E-state index contributed by atoms with van der Waals surface area (Å²) in [6.45, 7) is 0. The number of rotatable bonds is 2. The summed E-state index contributed by atoms with van der Waals surface area (Å²) in [5, 5.41) is 2.90. The molecule has 84 valence electrons.